The molecule has 0 atom stereocenters. The smallest absolute Gasteiger partial charge is 0.136 e. The van der Waals surface area contributed by atoms with Crippen LogP contribution < -0.4 is 4.90 Å². The van der Waals surface area contributed by atoms with Crippen molar-refractivity contribution >= 4 is 39.0 Å². The number of furan rings is 1. The third kappa shape index (κ3) is 4.94. The zero-order valence-corrected chi connectivity index (χ0v) is 29.8. The second kappa shape index (κ2) is 12.3. The molecule has 0 aliphatic heterocycles. The molecule has 0 saturated heterocycles. The minimum absolute atomic E-state index is 0.138. The van der Waals surface area contributed by atoms with Crippen molar-refractivity contribution in [2.45, 2.75) is 19.3 Å². The summed E-state index contributed by atoms with van der Waals surface area (Å²) in [6.45, 7) is 4.71. The second-order valence-corrected chi connectivity index (χ2v) is 14.5. The molecule has 1 aliphatic rings. The van der Waals surface area contributed by atoms with E-state index in [4.69, 9.17) is 4.42 Å². The van der Waals surface area contributed by atoms with Crippen LogP contribution in [0, 0.1) is 0 Å². The summed E-state index contributed by atoms with van der Waals surface area (Å²) < 4.78 is 6.41. The summed E-state index contributed by atoms with van der Waals surface area (Å²) in [4.78, 5) is 2.51. The molecule has 0 spiro atoms. The molecule has 9 aromatic rings. The predicted molar refractivity (Wildman–Crippen MR) is 222 cm³/mol. The van der Waals surface area contributed by atoms with Crippen LogP contribution >= 0.6 is 0 Å². The first-order valence-corrected chi connectivity index (χ1v) is 18.4. The molecule has 8 aromatic carbocycles. The largest absolute Gasteiger partial charge is 0.456 e. The van der Waals surface area contributed by atoms with Crippen molar-refractivity contribution in [2.75, 3.05) is 4.90 Å². The molecular weight excluding hydrogens is 643 g/mol. The first-order chi connectivity index (χ1) is 26.1. The highest BCUT2D eigenvalue weighted by Crippen LogP contribution is 2.56. The molecule has 252 valence electrons. The van der Waals surface area contributed by atoms with Crippen LogP contribution in [-0.2, 0) is 5.41 Å². The molecular formula is C51H37NO. The van der Waals surface area contributed by atoms with E-state index in [1.54, 1.807) is 0 Å². The molecule has 0 saturated carbocycles. The van der Waals surface area contributed by atoms with Gasteiger partial charge in [0.25, 0.3) is 0 Å². The van der Waals surface area contributed by atoms with Gasteiger partial charge < -0.3 is 9.32 Å². The Morgan fingerprint density at radius 2 is 0.906 bits per heavy atom. The number of rotatable bonds is 6. The van der Waals surface area contributed by atoms with Crippen LogP contribution in [0.25, 0.3) is 66.4 Å². The van der Waals surface area contributed by atoms with E-state index >= 15 is 0 Å². The van der Waals surface area contributed by atoms with Crippen molar-refractivity contribution in [1.29, 1.82) is 0 Å². The number of fused-ring (bicyclic) bond motifs is 6. The lowest BCUT2D eigenvalue weighted by Gasteiger charge is -2.32. The molecule has 1 heterocycles. The lowest BCUT2D eigenvalue weighted by molar-refractivity contribution is 0.660. The van der Waals surface area contributed by atoms with Gasteiger partial charge in [0.2, 0.25) is 0 Å². The summed E-state index contributed by atoms with van der Waals surface area (Å²) in [6.07, 6.45) is 0. The molecule has 0 radical (unpaired) electrons. The fourth-order valence-corrected chi connectivity index (χ4v) is 8.59. The van der Waals surface area contributed by atoms with Crippen LogP contribution in [0.2, 0.25) is 0 Å². The summed E-state index contributed by atoms with van der Waals surface area (Å²) in [7, 11) is 0. The van der Waals surface area contributed by atoms with Crippen LogP contribution in [0.5, 0.6) is 0 Å². The summed E-state index contributed by atoms with van der Waals surface area (Å²) >= 11 is 0. The van der Waals surface area contributed by atoms with Gasteiger partial charge in [-0.3, -0.25) is 0 Å². The molecule has 0 bridgehead atoms. The zero-order chi connectivity index (χ0) is 35.5. The van der Waals surface area contributed by atoms with Crippen LogP contribution in [-0.4, -0.2) is 0 Å². The first kappa shape index (κ1) is 31.1. The quantitative estimate of drug-likeness (QED) is 0.174. The van der Waals surface area contributed by atoms with Crippen LogP contribution in [0.4, 0.5) is 17.1 Å². The van der Waals surface area contributed by atoms with Crippen molar-refractivity contribution in [3.63, 3.8) is 0 Å². The van der Waals surface area contributed by atoms with Crippen molar-refractivity contribution < 1.29 is 4.42 Å². The molecule has 10 rings (SSSR count). The number of hydrogen-bond donors (Lipinski definition) is 0. The lowest BCUT2D eigenvalue weighted by atomic mass is 9.82. The van der Waals surface area contributed by atoms with Gasteiger partial charge in [-0.2, -0.15) is 0 Å². The van der Waals surface area contributed by atoms with E-state index in [-0.39, 0.29) is 5.41 Å². The lowest BCUT2D eigenvalue weighted by Crippen LogP contribution is -2.16. The van der Waals surface area contributed by atoms with Crippen molar-refractivity contribution in [1.82, 2.24) is 0 Å². The van der Waals surface area contributed by atoms with Gasteiger partial charge in [0.1, 0.15) is 11.2 Å². The van der Waals surface area contributed by atoms with E-state index in [1.807, 2.05) is 6.07 Å². The Kier molecular flexibility index (Phi) is 7.19. The van der Waals surface area contributed by atoms with E-state index in [9.17, 15) is 0 Å². The molecule has 2 heteroatoms. The molecule has 1 aromatic heterocycles. The van der Waals surface area contributed by atoms with Crippen LogP contribution in [0.3, 0.4) is 0 Å². The van der Waals surface area contributed by atoms with E-state index in [0.717, 1.165) is 55.7 Å². The van der Waals surface area contributed by atoms with Gasteiger partial charge in [-0.25, -0.2) is 0 Å². The highest BCUT2D eigenvalue weighted by Gasteiger charge is 2.38. The molecule has 53 heavy (non-hydrogen) atoms. The average Bonchev–Trinajstić information content (AvgIpc) is 3.71. The fourth-order valence-electron chi connectivity index (χ4n) is 8.59. The first-order valence-electron chi connectivity index (χ1n) is 18.4. The maximum atomic E-state index is 6.41. The summed E-state index contributed by atoms with van der Waals surface area (Å²) in [5.41, 5.74) is 17.3. The minimum atomic E-state index is -0.138. The van der Waals surface area contributed by atoms with Crippen molar-refractivity contribution in [2.24, 2.45) is 0 Å². The van der Waals surface area contributed by atoms with Crippen LogP contribution in [0.1, 0.15) is 25.0 Å². The van der Waals surface area contributed by atoms with Gasteiger partial charge in [0, 0.05) is 32.9 Å². The van der Waals surface area contributed by atoms with Gasteiger partial charge in [-0.1, -0.05) is 172 Å². The third-order valence-electron chi connectivity index (χ3n) is 11.1. The van der Waals surface area contributed by atoms with E-state index in [2.05, 4.69) is 201 Å². The number of nitrogens with zero attached hydrogens (tertiary/aromatic N) is 1. The van der Waals surface area contributed by atoms with Gasteiger partial charge in [0.05, 0.1) is 17.1 Å². The number of anilines is 3. The van der Waals surface area contributed by atoms with Gasteiger partial charge in [0.15, 0.2) is 0 Å². The Labute approximate surface area is 310 Å². The molecule has 0 fully saturated rings. The highest BCUT2D eigenvalue weighted by atomic mass is 16.3. The Hall–Kier alpha value is -6.64. The highest BCUT2D eigenvalue weighted by molar-refractivity contribution is 6.14. The number of hydrogen-bond acceptors (Lipinski definition) is 2. The van der Waals surface area contributed by atoms with Crippen molar-refractivity contribution in [3.05, 3.63) is 199 Å². The van der Waals surface area contributed by atoms with Gasteiger partial charge in [-0.15, -0.1) is 0 Å². The van der Waals surface area contributed by atoms with Crippen LogP contribution in [0.15, 0.2) is 192 Å². The average molecular weight is 680 g/mol. The molecule has 0 unspecified atom stereocenters. The Balaban J connectivity index is 1.25. The topological polar surface area (TPSA) is 16.4 Å². The molecule has 2 nitrogen and oxygen atoms in total. The summed E-state index contributed by atoms with van der Waals surface area (Å²) in [6, 6.07) is 67.9. The number of benzene rings is 8. The standard InChI is InChI=1S/C51H37NO/c1-51(2)42-23-10-6-20-40(42)50-43(51)24-15-27-46(50)52(44-25-11-7-18-37(44)36-32-30-35(31-33-36)34-16-4-3-5-17-34)45-26-12-8-19-38(45)39-22-14-29-48-49(39)41-21-9-13-28-47(41)53-48/h3-33H,1-2H3. The fraction of sp³-hybridized carbons (Fsp3) is 0.0588. The minimum Gasteiger partial charge on any atom is -0.456 e. The van der Waals surface area contributed by atoms with Gasteiger partial charge >= 0.3 is 0 Å². The SMILES string of the molecule is CC1(C)c2ccccc2-c2c(N(c3ccccc3-c3ccc(-c4ccccc4)cc3)c3ccccc3-c3cccc4oc5ccccc5c34)cccc21. The molecule has 0 N–H and O–H groups in total. The second-order valence-electron chi connectivity index (χ2n) is 14.5. The summed E-state index contributed by atoms with van der Waals surface area (Å²) in [5.74, 6) is 0. The predicted octanol–water partition coefficient (Wildman–Crippen LogP) is 14.4. The third-order valence-corrected chi connectivity index (χ3v) is 11.1. The van der Waals surface area contributed by atoms with E-state index < -0.39 is 0 Å². The Morgan fingerprint density at radius 3 is 1.72 bits per heavy atom. The normalized spacial score (nSPS) is 12.9. The monoisotopic (exact) mass is 679 g/mol. The molecule has 1 aliphatic carbocycles. The Morgan fingerprint density at radius 1 is 0.377 bits per heavy atom. The maximum Gasteiger partial charge on any atom is 0.136 e. The zero-order valence-electron chi connectivity index (χ0n) is 29.8. The maximum absolute atomic E-state index is 6.41. The van der Waals surface area contributed by atoms with Crippen molar-refractivity contribution in [3.8, 4) is 44.5 Å². The molecule has 0 amide bonds. The summed E-state index contributed by atoms with van der Waals surface area (Å²) in [5, 5.41) is 2.25. The van der Waals surface area contributed by atoms with E-state index in [0.29, 0.717) is 0 Å². The number of para-hydroxylation sites is 3. The van der Waals surface area contributed by atoms with E-state index in [1.165, 1.54) is 38.9 Å². The Bertz CT molecular complexity index is 2810. The van der Waals surface area contributed by atoms with Gasteiger partial charge in [-0.05, 0) is 69.3 Å².